The number of primary amides is 1. The first-order valence-corrected chi connectivity index (χ1v) is 11.3. The molecule has 38 heavy (non-hydrogen) atoms. The molecule has 0 aliphatic heterocycles. The lowest BCUT2D eigenvalue weighted by atomic mass is 10.1. The van der Waals surface area contributed by atoms with Crippen LogP contribution >= 0.6 is 0 Å². The summed E-state index contributed by atoms with van der Waals surface area (Å²) in [5.41, 5.74) is 21.2. The van der Waals surface area contributed by atoms with Gasteiger partial charge in [0.1, 0.15) is 18.1 Å². The molecule has 0 radical (unpaired) electrons. The van der Waals surface area contributed by atoms with Crippen molar-refractivity contribution < 1.29 is 48.9 Å². The van der Waals surface area contributed by atoms with E-state index in [1.807, 2.05) is 5.32 Å². The lowest BCUT2D eigenvalue weighted by molar-refractivity contribution is -0.143. The van der Waals surface area contributed by atoms with E-state index < -0.39 is 97.8 Å². The number of carboxylic acid groups (broad SMARTS) is 3. The molecule has 0 rings (SSSR count). The van der Waals surface area contributed by atoms with Gasteiger partial charge in [-0.25, -0.2) is 4.79 Å². The highest BCUT2D eigenvalue weighted by Gasteiger charge is 2.32. The van der Waals surface area contributed by atoms with E-state index in [9.17, 15) is 38.7 Å². The first-order valence-electron chi connectivity index (χ1n) is 11.3. The van der Waals surface area contributed by atoms with Crippen molar-refractivity contribution in [2.45, 2.75) is 69.1 Å². The van der Waals surface area contributed by atoms with E-state index in [4.69, 9.17) is 33.1 Å². The summed E-state index contributed by atoms with van der Waals surface area (Å²) >= 11 is 0. The quantitative estimate of drug-likeness (QED) is 0.0415. The van der Waals surface area contributed by atoms with Gasteiger partial charge in [-0.1, -0.05) is 0 Å². The summed E-state index contributed by atoms with van der Waals surface area (Å²) < 4.78 is 0. The van der Waals surface area contributed by atoms with Crippen molar-refractivity contribution in [3.8, 4) is 0 Å². The molecule has 0 aliphatic rings. The lowest BCUT2D eigenvalue weighted by Crippen LogP contribution is -2.57. The molecule has 0 aromatic carbocycles. The average molecular weight is 547 g/mol. The van der Waals surface area contributed by atoms with Gasteiger partial charge in [-0.15, -0.1) is 0 Å². The molecule has 0 saturated carbocycles. The molecule has 0 spiro atoms. The summed E-state index contributed by atoms with van der Waals surface area (Å²) in [6, 6.07) is -6.10. The summed E-state index contributed by atoms with van der Waals surface area (Å²) in [6.07, 6.45) is -2.40. The van der Waals surface area contributed by atoms with Crippen LogP contribution in [0.1, 0.15) is 44.9 Å². The number of aliphatic imine (C=N–C) groups is 1. The Labute approximate surface area is 216 Å². The number of hydrogen-bond donors (Lipinski definition) is 10. The van der Waals surface area contributed by atoms with Crippen molar-refractivity contribution in [1.29, 1.82) is 0 Å². The number of hydrogen-bond acceptors (Lipinski definition) is 9. The number of nitrogens with zero attached hydrogens (tertiary/aromatic N) is 1. The van der Waals surface area contributed by atoms with Crippen LogP contribution in [0.25, 0.3) is 0 Å². The van der Waals surface area contributed by atoms with Crippen molar-refractivity contribution in [2.75, 3.05) is 6.54 Å². The van der Waals surface area contributed by atoms with Crippen molar-refractivity contribution in [1.82, 2.24) is 16.0 Å². The van der Waals surface area contributed by atoms with Crippen LogP contribution in [0.3, 0.4) is 0 Å². The molecule has 0 saturated heterocycles. The van der Waals surface area contributed by atoms with Crippen molar-refractivity contribution in [3.63, 3.8) is 0 Å². The molecule has 18 heteroatoms. The number of nitrogens with two attached hydrogens (primary N) is 4. The third-order valence-corrected chi connectivity index (χ3v) is 4.89. The Balaban J connectivity index is 5.52. The molecule has 0 bridgehead atoms. The zero-order valence-electron chi connectivity index (χ0n) is 20.4. The van der Waals surface area contributed by atoms with Crippen LogP contribution in [-0.2, 0) is 33.6 Å². The number of guanidine groups is 1. The minimum Gasteiger partial charge on any atom is -0.481 e. The van der Waals surface area contributed by atoms with Crippen LogP contribution < -0.4 is 38.9 Å². The van der Waals surface area contributed by atoms with E-state index in [-0.39, 0.29) is 18.9 Å². The number of carbonyl (C=O) groups excluding carboxylic acids is 4. The summed E-state index contributed by atoms with van der Waals surface area (Å²) in [6.45, 7) is 0.176. The molecule has 0 aromatic heterocycles. The van der Waals surface area contributed by atoms with Gasteiger partial charge in [0.25, 0.3) is 0 Å². The van der Waals surface area contributed by atoms with E-state index in [1.54, 1.807) is 0 Å². The molecule has 14 N–H and O–H groups in total. The molecular weight excluding hydrogens is 512 g/mol. The van der Waals surface area contributed by atoms with Gasteiger partial charge in [0.15, 0.2) is 5.96 Å². The van der Waals surface area contributed by atoms with Gasteiger partial charge in [-0.05, 0) is 25.7 Å². The normalized spacial score (nSPS) is 13.6. The Hall–Kier alpha value is -4.48. The first-order chi connectivity index (χ1) is 17.6. The van der Waals surface area contributed by atoms with Crippen LogP contribution in [0, 0.1) is 0 Å². The molecule has 0 heterocycles. The van der Waals surface area contributed by atoms with Gasteiger partial charge in [-0.2, -0.15) is 0 Å². The molecule has 4 atom stereocenters. The number of rotatable bonds is 19. The summed E-state index contributed by atoms with van der Waals surface area (Å²) in [5, 5.41) is 33.7. The van der Waals surface area contributed by atoms with E-state index in [0.29, 0.717) is 6.42 Å². The Morgan fingerprint density at radius 1 is 0.684 bits per heavy atom. The number of amides is 4. The minimum atomic E-state index is -1.81. The first kappa shape index (κ1) is 33.5. The fraction of sp³-hybridized carbons (Fsp3) is 0.600. The highest BCUT2D eigenvalue weighted by Crippen LogP contribution is 2.05. The predicted octanol–water partition coefficient (Wildman–Crippen LogP) is -4.49. The highest BCUT2D eigenvalue weighted by molar-refractivity contribution is 5.95. The molecule has 18 nitrogen and oxygen atoms in total. The number of nitrogens with one attached hydrogen (secondary N) is 3. The number of carboxylic acids is 3. The molecule has 0 fully saturated rings. The fourth-order valence-electron chi connectivity index (χ4n) is 2.94. The van der Waals surface area contributed by atoms with Gasteiger partial charge in [-0.3, -0.25) is 33.8 Å². The van der Waals surface area contributed by atoms with Gasteiger partial charge in [0.05, 0.1) is 12.5 Å². The maximum Gasteiger partial charge on any atom is 0.326 e. The summed E-state index contributed by atoms with van der Waals surface area (Å²) in [4.78, 5) is 86.2. The fourth-order valence-corrected chi connectivity index (χ4v) is 2.94. The topological polar surface area (TPSA) is 333 Å². The smallest absolute Gasteiger partial charge is 0.326 e. The van der Waals surface area contributed by atoms with Crippen molar-refractivity contribution >= 4 is 47.5 Å². The maximum absolute atomic E-state index is 12.8. The van der Waals surface area contributed by atoms with E-state index in [0.717, 1.165) is 0 Å². The summed E-state index contributed by atoms with van der Waals surface area (Å²) in [7, 11) is 0. The minimum absolute atomic E-state index is 0.0990. The van der Waals surface area contributed by atoms with Gasteiger partial charge in [0.2, 0.25) is 23.6 Å². The summed E-state index contributed by atoms with van der Waals surface area (Å²) in [5.74, 6) is -8.55. The maximum atomic E-state index is 12.8. The third kappa shape index (κ3) is 14.8. The zero-order chi connectivity index (χ0) is 29.4. The second-order valence-corrected chi connectivity index (χ2v) is 8.11. The van der Waals surface area contributed by atoms with Crippen LogP contribution in [-0.4, -0.2) is 93.5 Å². The zero-order valence-corrected chi connectivity index (χ0v) is 20.4. The van der Waals surface area contributed by atoms with Crippen molar-refractivity contribution in [2.24, 2.45) is 27.9 Å². The average Bonchev–Trinajstić information content (AvgIpc) is 2.80. The van der Waals surface area contributed by atoms with Crippen molar-refractivity contribution in [3.05, 3.63) is 0 Å². The molecule has 0 aliphatic carbocycles. The van der Waals surface area contributed by atoms with E-state index in [1.165, 1.54) is 0 Å². The van der Waals surface area contributed by atoms with Crippen LogP contribution in [0.4, 0.5) is 0 Å². The number of aliphatic carboxylic acids is 3. The highest BCUT2D eigenvalue weighted by atomic mass is 16.4. The Morgan fingerprint density at radius 3 is 1.71 bits per heavy atom. The Morgan fingerprint density at radius 2 is 1.21 bits per heavy atom. The van der Waals surface area contributed by atoms with Crippen LogP contribution in [0.15, 0.2) is 4.99 Å². The van der Waals surface area contributed by atoms with Crippen LogP contribution in [0.2, 0.25) is 0 Å². The van der Waals surface area contributed by atoms with E-state index in [2.05, 4.69) is 15.6 Å². The molecule has 4 unspecified atom stereocenters. The van der Waals surface area contributed by atoms with Gasteiger partial charge >= 0.3 is 17.9 Å². The Bertz CT molecular complexity index is 921. The van der Waals surface area contributed by atoms with E-state index >= 15 is 0 Å². The second kappa shape index (κ2) is 17.1. The molecular formula is C20H34N8O10. The SMILES string of the molecule is NC(=O)CCC(NC(=O)C(CC(=O)O)NC(=O)C(CCC(=O)O)NC(=O)C(N)CCCN=C(N)N)C(=O)O. The predicted molar refractivity (Wildman–Crippen MR) is 129 cm³/mol. The van der Waals surface area contributed by atoms with Gasteiger partial charge < -0.3 is 54.2 Å². The Kier molecular flexibility index (Phi) is 15.0. The standard InChI is InChI=1S/C20H34N8O10/c21-9(2-1-7-25-20(23)24)16(34)26-10(4-6-14(30)31)17(35)28-12(8-15(32)33)18(36)27-11(19(37)38)3-5-13(22)29/h9-12H,1-8,21H2,(H2,22,29)(H,26,34)(H,27,36)(H,28,35)(H,30,31)(H,32,33)(H,37,38)(H4,23,24,25). The monoisotopic (exact) mass is 546 g/mol. The van der Waals surface area contributed by atoms with Gasteiger partial charge in [0, 0.05) is 19.4 Å². The lowest BCUT2D eigenvalue weighted by Gasteiger charge is -2.24. The largest absolute Gasteiger partial charge is 0.481 e. The number of carbonyl (C=O) groups is 7. The van der Waals surface area contributed by atoms with Crippen LogP contribution in [0.5, 0.6) is 0 Å². The molecule has 0 aromatic rings. The third-order valence-electron chi connectivity index (χ3n) is 4.89. The second-order valence-electron chi connectivity index (χ2n) is 8.11. The molecule has 214 valence electrons. The molecule has 4 amide bonds.